The van der Waals surface area contributed by atoms with Crippen molar-refractivity contribution >= 4 is 62.6 Å². The molecule has 0 aliphatic carbocycles. The van der Waals surface area contributed by atoms with Crippen molar-refractivity contribution in [3.05, 3.63) is 63.6 Å². The summed E-state index contributed by atoms with van der Waals surface area (Å²) in [5, 5.41) is 17.8. The van der Waals surface area contributed by atoms with Gasteiger partial charge in [0.25, 0.3) is 0 Å². The molecular weight excluding hydrogens is 417 g/mol. The van der Waals surface area contributed by atoms with Crippen LogP contribution in [0.4, 0.5) is 0 Å². The summed E-state index contributed by atoms with van der Waals surface area (Å²) in [5.74, 6) is -0.359. The van der Waals surface area contributed by atoms with Crippen LogP contribution in [0.1, 0.15) is 17.2 Å². The van der Waals surface area contributed by atoms with Gasteiger partial charge in [-0.05, 0) is 36.0 Å². The van der Waals surface area contributed by atoms with Crippen molar-refractivity contribution in [3.8, 4) is 5.75 Å². The Labute approximate surface area is 168 Å². The number of nitrogens with zero attached hydrogens (tertiary/aromatic N) is 3. The predicted octanol–water partition coefficient (Wildman–Crippen LogP) is 4.65. The molecule has 2 aromatic rings. The van der Waals surface area contributed by atoms with Gasteiger partial charge in [-0.2, -0.15) is 5.10 Å². The van der Waals surface area contributed by atoms with E-state index in [0.717, 1.165) is 0 Å². The van der Waals surface area contributed by atoms with Crippen LogP contribution >= 0.6 is 46.6 Å². The number of thioether (sulfide) groups is 1. The van der Waals surface area contributed by atoms with Crippen LogP contribution in [0.5, 0.6) is 5.75 Å². The average Bonchev–Trinajstić information content (AvgIpc) is 3.03. The standard InChI is InChI=1S/C17H10Cl3N3O2S/c18-8-5-6-9(11(19)7-8)16-22-23-15(20)14(25)13(21-17(23)26-16)10-3-1-2-4-12(10)24/h1-7,13,15,24H. The van der Waals surface area contributed by atoms with Crippen LogP contribution in [0, 0.1) is 0 Å². The van der Waals surface area contributed by atoms with Crippen LogP contribution in [0.3, 0.4) is 0 Å². The highest BCUT2D eigenvalue weighted by molar-refractivity contribution is 8.27. The van der Waals surface area contributed by atoms with Gasteiger partial charge >= 0.3 is 0 Å². The second-order valence-corrected chi connectivity index (χ2v) is 7.80. The molecular formula is C17H10Cl3N3O2S. The van der Waals surface area contributed by atoms with E-state index in [1.54, 1.807) is 36.4 Å². The molecule has 2 heterocycles. The molecule has 26 heavy (non-hydrogen) atoms. The highest BCUT2D eigenvalue weighted by Crippen LogP contribution is 2.40. The Morgan fingerprint density at radius 1 is 1.15 bits per heavy atom. The first kappa shape index (κ1) is 17.7. The molecule has 5 nitrogen and oxygen atoms in total. The van der Waals surface area contributed by atoms with Crippen molar-refractivity contribution in [2.24, 2.45) is 10.1 Å². The number of para-hydroxylation sites is 1. The number of amidine groups is 1. The van der Waals surface area contributed by atoms with Gasteiger partial charge in [-0.3, -0.25) is 4.79 Å². The Balaban J connectivity index is 1.72. The second-order valence-electron chi connectivity index (χ2n) is 5.59. The Morgan fingerprint density at radius 3 is 2.65 bits per heavy atom. The zero-order chi connectivity index (χ0) is 18.4. The molecule has 2 unspecified atom stereocenters. The molecule has 0 aromatic heterocycles. The summed E-state index contributed by atoms with van der Waals surface area (Å²) in [5.41, 5.74) is 0.0608. The molecule has 0 amide bonds. The molecule has 0 fully saturated rings. The van der Waals surface area contributed by atoms with Gasteiger partial charge in [0.05, 0.1) is 5.02 Å². The highest BCUT2D eigenvalue weighted by atomic mass is 35.5. The zero-order valence-corrected chi connectivity index (χ0v) is 16.0. The fourth-order valence-corrected chi connectivity index (χ4v) is 4.52. The molecule has 4 rings (SSSR count). The summed E-state index contributed by atoms with van der Waals surface area (Å²) in [6, 6.07) is 10.8. The summed E-state index contributed by atoms with van der Waals surface area (Å²) in [6.07, 6.45) is 0. The third-order valence-corrected chi connectivity index (χ3v) is 5.85. The summed E-state index contributed by atoms with van der Waals surface area (Å²) >= 11 is 19.8. The van der Waals surface area contributed by atoms with Gasteiger partial charge in [0, 0.05) is 16.1 Å². The summed E-state index contributed by atoms with van der Waals surface area (Å²) < 4.78 is 0. The molecule has 0 spiro atoms. The number of alkyl halides is 1. The van der Waals surface area contributed by atoms with Gasteiger partial charge in [-0.1, -0.05) is 53.0 Å². The number of hydrogen-bond donors (Lipinski definition) is 1. The van der Waals surface area contributed by atoms with Crippen LogP contribution in [-0.4, -0.2) is 31.6 Å². The maximum Gasteiger partial charge on any atom is 0.201 e. The number of ketones is 1. The predicted molar refractivity (Wildman–Crippen MR) is 105 cm³/mol. The van der Waals surface area contributed by atoms with E-state index in [9.17, 15) is 9.90 Å². The van der Waals surface area contributed by atoms with Gasteiger partial charge in [0.15, 0.2) is 10.7 Å². The number of fused-ring (bicyclic) bond motifs is 1. The van der Waals surface area contributed by atoms with Crippen molar-refractivity contribution in [2.45, 2.75) is 11.5 Å². The number of phenols is 1. The summed E-state index contributed by atoms with van der Waals surface area (Å²) in [4.78, 5) is 17.1. The van der Waals surface area contributed by atoms with Gasteiger partial charge in [0.1, 0.15) is 16.8 Å². The zero-order valence-electron chi connectivity index (χ0n) is 12.9. The number of hydrazone groups is 1. The fourth-order valence-electron chi connectivity index (χ4n) is 2.67. The minimum Gasteiger partial charge on any atom is -0.508 e. The number of phenolic OH excluding ortho intramolecular Hbond substituents is 1. The van der Waals surface area contributed by atoms with Crippen LogP contribution in [0.15, 0.2) is 52.6 Å². The topological polar surface area (TPSA) is 65.3 Å². The number of carbonyl (C=O) groups is 1. The van der Waals surface area contributed by atoms with Crippen molar-refractivity contribution in [1.82, 2.24) is 5.01 Å². The number of aliphatic imine (C=N–C) groups is 1. The van der Waals surface area contributed by atoms with E-state index in [1.807, 2.05) is 0 Å². The molecule has 0 saturated heterocycles. The maximum absolute atomic E-state index is 12.7. The fraction of sp³-hybridized carbons (Fsp3) is 0.118. The summed E-state index contributed by atoms with van der Waals surface area (Å²) in [7, 11) is 0. The lowest BCUT2D eigenvalue weighted by Gasteiger charge is -2.28. The first-order chi connectivity index (χ1) is 12.5. The number of Topliss-reactive ketones (excluding diaryl/α,β-unsaturated/α-hetero) is 1. The molecule has 9 heteroatoms. The van der Waals surface area contributed by atoms with Gasteiger partial charge < -0.3 is 5.11 Å². The minimum absolute atomic E-state index is 0.00241. The van der Waals surface area contributed by atoms with E-state index in [0.29, 0.717) is 31.4 Å². The lowest BCUT2D eigenvalue weighted by molar-refractivity contribution is -0.122. The van der Waals surface area contributed by atoms with Gasteiger partial charge in [-0.25, -0.2) is 10.0 Å². The molecule has 2 aliphatic rings. The van der Waals surface area contributed by atoms with Crippen molar-refractivity contribution in [1.29, 1.82) is 0 Å². The van der Waals surface area contributed by atoms with Crippen LogP contribution in [-0.2, 0) is 4.79 Å². The van der Waals surface area contributed by atoms with Crippen molar-refractivity contribution in [2.75, 3.05) is 0 Å². The van der Waals surface area contributed by atoms with E-state index < -0.39 is 11.5 Å². The number of hydrogen-bond acceptors (Lipinski definition) is 6. The average molecular weight is 427 g/mol. The Kier molecular flexibility index (Phi) is 4.61. The number of carbonyl (C=O) groups excluding carboxylic acids is 1. The van der Waals surface area contributed by atoms with Crippen molar-refractivity contribution < 1.29 is 9.90 Å². The molecule has 2 aliphatic heterocycles. The van der Waals surface area contributed by atoms with Crippen LogP contribution < -0.4 is 0 Å². The third-order valence-electron chi connectivity index (χ3n) is 3.93. The second kappa shape index (κ2) is 6.78. The molecule has 2 atom stereocenters. The Morgan fingerprint density at radius 2 is 1.92 bits per heavy atom. The summed E-state index contributed by atoms with van der Waals surface area (Å²) in [6.45, 7) is 0. The van der Waals surface area contributed by atoms with Crippen LogP contribution in [0.25, 0.3) is 0 Å². The van der Waals surface area contributed by atoms with Crippen LogP contribution in [0.2, 0.25) is 10.0 Å². The minimum atomic E-state index is -1.02. The Hall–Kier alpha value is -1.73. The van der Waals surface area contributed by atoms with E-state index in [-0.39, 0.29) is 11.5 Å². The monoisotopic (exact) mass is 425 g/mol. The van der Waals surface area contributed by atoms with E-state index in [2.05, 4.69) is 10.1 Å². The number of benzene rings is 2. The molecule has 0 radical (unpaired) electrons. The van der Waals surface area contributed by atoms with Gasteiger partial charge in [0.2, 0.25) is 5.78 Å². The van der Waals surface area contributed by atoms with E-state index in [1.165, 1.54) is 22.8 Å². The maximum atomic E-state index is 12.7. The normalized spacial score (nSPS) is 22.1. The SMILES string of the molecule is O=C1C(c2ccccc2O)N=C2SC(c3ccc(Cl)cc3Cl)=NN2C1Cl. The molecule has 1 N–H and O–H groups in total. The van der Waals surface area contributed by atoms with E-state index in [4.69, 9.17) is 34.8 Å². The van der Waals surface area contributed by atoms with E-state index >= 15 is 0 Å². The first-order valence-corrected chi connectivity index (χ1v) is 9.51. The lowest BCUT2D eigenvalue weighted by atomic mass is 10.0. The van der Waals surface area contributed by atoms with Gasteiger partial charge in [-0.15, -0.1) is 0 Å². The number of rotatable bonds is 2. The molecule has 2 aromatic carbocycles. The highest BCUT2D eigenvalue weighted by Gasteiger charge is 2.42. The number of halogens is 3. The number of aromatic hydroxyl groups is 1. The van der Waals surface area contributed by atoms with Crippen molar-refractivity contribution in [3.63, 3.8) is 0 Å². The quantitative estimate of drug-likeness (QED) is 0.560. The Bertz CT molecular complexity index is 979. The largest absolute Gasteiger partial charge is 0.508 e. The molecule has 0 saturated carbocycles. The first-order valence-electron chi connectivity index (χ1n) is 7.50. The smallest absolute Gasteiger partial charge is 0.201 e. The molecule has 132 valence electrons. The lowest BCUT2D eigenvalue weighted by Crippen LogP contribution is -2.41. The third kappa shape index (κ3) is 2.97. The molecule has 0 bridgehead atoms.